The number of anilines is 1. The van der Waals surface area contributed by atoms with Crippen LogP contribution >= 0.6 is 0 Å². The van der Waals surface area contributed by atoms with Crippen molar-refractivity contribution in [2.24, 2.45) is 5.41 Å². The Balaban J connectivity index is 2.79. The van der Waals surface area contributed by atoms with Crippen molar-refractivity contribution in [1.82, 2.24) is 5.32 Å². The Morgan fingerprint density at radius 3 is 2.58 bits per heavy atom. The molecule has 1 aromatic rings. The van der Waals surface area contributed by atoms with Gasteiger partial charge in [-0.1, -0.05) is 20.8 Å². The number of hydrogen-bond donors (Lipinski definition) is 2. The molecule has 0 saturated carbocycles. The van der Waals surface area contributed by atoms with Crippen LogP contribution in [0.15, 0.2) is 18.2 Å². The zero-order valence-electron chi connectivity index (χ0n) is 11.4. The van der Waals surface area contributed by atoms with Crippen molar-refractivity contribution in [3.05, 3.63) is 33.9 Å². The fourth-order valence-corrected chi connectivity index (χ4v) is 1.41. The third kappa shape index (κ3) is 3.94. The summed E-state index contributed by atoms with van der Waals surface area (Å²) in [7, 11) is 0. The van der Waals surface area contributed by atoms with Gasteiger partial charge in [0.1, 0.15) is 5.69 Å². The maximum Gasteiger partial charge on any atom is 0.292 e. The number of amides is 1. The number of carbonyl (C=O) groups is 1. The highest BCUT2D eigenvalue weighted by Gasteiger charge is 2.18. The molecule has 0 saturated heterocycles. The molecule has 104 valence electrons. The first kappa shape index (κ1) is 14.9. The fourth-order valence-electron chi connectivity index (χ4n) is 1.41. The van der Waals surface area contributed by atoms with Crippen molar-refractivity contribution in [1.29, 1.82) is 0 Å². The normalized spacial score (nSPS) is 11.1. The van der Waals surface area contributed by atoms with Gasteiger partial charge in [0.2, 0.25) is 0 Å². The van der Waals surface area contributed by atoms with Gasteiger partial charge >= 0.3 is 0 Å². The Hall–Kier alpha value is -2.11. The highest BCUT2D eigenvalue weighted by atomic mass is 16.6. The van der Waals surface area contributed by atoms with Crippen LogP contribution in [-0.4, -0.2) is 17.4 Å². The molecular weight excluding hydrogens is 246 g/mol. The second-order valence-corrected chi connectivity index (χ2v) is 5.23. The average Bonchev–Trinajstić information content (AvgIpc) is 2.35. The van der Waals surface area contributed by atoms with Crippen molar-refractivity contribution >= 4 is 17.3 Å². The van der Waals surface area contributed by atoms with Gasteiger partial charge < -0.3 is 11.1 Å². The predicted octanol–water partition coefficient (Wildman–Crippen LogP) is 2.34. The number of hydrogen-bond acceptors (Lipinski definition) is 4. The van der Waals surface area contributed by atoms with Crippen LogP contribution in [0.2, 0.25) is 0 Å². The van der Waals surface area contributed by atoms with E-state index >= 15 is 0 Å². The van der Waals surface area contributed by atoms with Crippen LogP contribution in [0.4, 0.5) is 11.4 Å². The number of nitrogens with two attached hydrogens (primary N) is 1. The van der Waals surface area contributed by atoms with E-state index in [4.69, 9.17) is 5.73 Å². The highest BCUT2D eigenvalue weighted by Crippen LogP contribution is 2.22. The first-order valence-corrected chi connectivity index (χ1v) is 6.09. The SMILES string of the molecule is CCC(C)(C)CNC(=O)c1ccc([N+](=O)[O-])c(N)c1. The first-order valence-electron chi connectivity index (χ1n) is 6.09. The summed E-state index contributed by atoms with van der Waals surface area (Å²) in [4.78, 5) is 22.0. The third-order valence-corrected chi connectivity index (χ3v) is 3.17. The topological polar surface area (TPSA) is 98.3 Å². The molecule has 0 bridgehead atoms. The molecule has 6 nitrogen and oxygen atoms in total. The molecule has 0 unspecified atom stereocenters. The van der Waals surface area contributed by atoms with E-state index in [1.54, 1.807) is 0 Å². The Bertz CT molecular complexity index is 498. The smallest absolute Gasteiger partial charge is 0.292 e. The number of rotatable bonds is 5. The summed E-state index contributed by atoms with van der Waals surface area (Å²) < 4.78 is 0. The summed E-state index contributed by atoms with van der Waals surface area (Å²) >= 11 is 0. The van der Waals surface area contributed by atoms with Crippen LogP contribution in [0.25, 0.3) is 0 Å². The van der Waals surface area contributed by atoms with Crippen LogP contribution in [0, 0.1) is 15.5 Å². The number of nitrogens with zero attached hydrogens (tertiary/aromatic N) is 1. The van der Waals surface area contributed by atoms with Gasteiger partial charge in [-0.2, -0.15) is 0 Å². The van der Waals surface area contributed by atoms with Crippen molar-refractivity contribution in [2.45, 2.75) is 27.2 Å². The molecule has 6 heteroatoms. The molecule has 1 aromatic carbocycles. The van der Waals surface area contributed by atoms with Gasteiger partial charge in [0.15, 0.2) is 0 Å². The van der Waals surface area contributed by atoms with E-state index in [2.05, 4.69) is 26.1 Å². The molecule has 1 rings (SSSR count). The lowest BCUT2D eigenvalue weighted by Crippen LogP contribution is -2.33. The van der Waals surface area contributed by atoms with E-state index in [1.807, 2.05) is 0 Å². The fraction of sp³-hybridized carbons (Fsp3) is 0.462. The molecular formula is C13H19N3O3. The minimum absolute atomic E-state index is 0.00704. The minimum Gasteiger partial charge on any atom is -0.393 e. The first-order chi connectivity index (χ1) is 8.76. The molecule has 0 fully saturated rings. The van der Waals surface area contributed by atoms with Crippen molar-refractivity contribution in [3.63, 3.8) is 0 Å². The maximum atomic E-state index is 11.9. The van der Waals surface area contributed by atoms with Crippen LogP contribution in [0.5, 0.6) is 0 Å². The van der Waals surface area contributed by atoms with Gasteiger partial charge in [-0.3, -0.25) is 14.9 Å². The summed E-state index contributed by atoms with van der Waals surface area (Å²) in [6.07, 6.45) is 0.940. The van der Waals surface area contributed by atoms with E-state index in [-0.39, 0.29) is 22.7 Å². The van der Waals surface area contributed by atoms with Gasteiger partial charge in [0, 0.05) is 18.2 Å². The van der Waals surface area contributed by atoms with Gasteiger partial charge in [-0.15, -0.1) is 0 Å². The summed E-state index contributed by atoms with van der Waals surface area (Å²) in [5.41, 5.74) is 5.69. The number of nitro groups is 1. The number of nitrogen functional groups attached to an aromatic ring is 1. The summed E-state index contributed by atoms with van der Waals surface area (Å²) in [6.45, 7) is 6.70. The van der Waals surface area contributed by atoms with Gasteiger partial charge in [0.05, 0.1) is 4.92 Å². The zero-order chi connectivity index (χ0) is 14.6. The molecule has 0 radical (unpaired) electrons. The summed E-state index contributed by atoms with van der Waals surface area (Å²) in [6, 6.07) is 3.98. The van der Waals surface area contributed by atoms with Crippen LogP contribution in [0.1, 0.15) is 37.6 Å². The number of carbonyl (C=O) groups excluding carboxylic acids is 1. The second kappa shape index (κ2) is 5.69. The van der Waals surface area contributed by atoms with Crippen LogP contribution in [-0.2, 0) is 0 Å². The molecule has 0 spiro atoms. The van der Waals surface area contributed by atoms with Gasteiger partial charge in [-0.05, 0) is 24.0 Å². The van der Waals surface area contributed by atoms with E-state index in [0.717, 1.165) is 6.42 Å². The Morgan fingerprint density at radius 2 is 2.11 bits per heavy atom. The zero-order valence-corrected chi connectivity index (χ0v) is 11.4. The lowest BCUT2D eigenvalue weighted by atomic mass is 9.90. The number of benzene rings is 1. The van der Waals surface area contributed by atoms with E-state index in [1.165, 1.54) is 18.2 Å². The third-order valence-electron chi connectivity index (χ3n) is 3.17. The van der Waals surface area contributed by atoms with Crippen molar-refractivity contribution < 1.29 is 9.72 Å². The molecule has 0 aromatic heterocycles. The van der Waals surface area contributed by atoms with Crippen LogP contribution < -0.4 is 11.1 Å². The highest BCUT2D eigenvalue weighted by molar-refractivity contribution is 5.95. The summed E-state index contributed by atoms with van der Waals surface area (Å²) in [5.74, 6) is -0.275. The molecule has 0 aliphatic carbocycles. The van der Waals surface area contributed by atoms with Crippen molar-refractivity contribution in [3.8, 4) is 0 Å². The van der Waals surface area contributed by atoms with E-state index in [0.29, 0.717) is 12.1 Å². The van der Waals surface area contributed by atoms with Gasteiger partial charge in [0.25, 0.3) is 11.6 Å². The average molecular weight is 265 g/mol. The van der Waals surface area contributed by atoms with Crippen LogP contribution in [0.3, 0.4) is 0 Å². The second-order valence-electron chi connectivity index (χ2n) is 5.23. The van der Waals surface area contributed by atoms with E-state index in [9.17, 15) is 14.9 Å². The predicted molar refractivity (Wildman–Crippen MR) is 73.9 cm³/mol. The molecule has 1 amide bonds. The standard InChI is InChI=1S/C13H19N3O3/c1-4-13(2,3)8-15-12(17)9-5-6-11(16(18)19)10(14)7-9/h5-7H,4,8,14H2,1-3H3,(H,15,17). The molecule has 3 N–H and O–H groups in total. The molecule has 0 atom stereocenters. The maximum absolute atomic E-state index is 11.9. The van der Waals surface area contributed by atoms with E-state index < -0.39 is 4.92 Å². The number of nitro benzene ring substituents is 1. The molecule has 0 heterocycles. The summed E-state index contributed by atoms with van der Waals surface area (Å²) in [5, 5.41) is 13.4. The quantitative estimate of drug-likeness (QED) is 0.485. The Morgan fingerprint density at radius 1 is 1.47 bits per heavy atom. The monoisotopic (exact) mass is 265 g/mol. The molecule has 0 aliphatic rings. The molecule has 19 heavy (non-hydrogen) atoms. The lowest BCUT2D eigenvalue weighted by Gasteiger charge is -2.22. The number of nitrogens with one attached hydrogen (secondary N) is 1. The Kier molecular flexibility index (Phi) is 4.47. The van der Waals surface area contributed by atoms with Crippen molar-refractivity contribution in [2.75, 3.05) is 12.3 Å². The largest absolute Gasteiger partial charge is 0.393 e. The minimum atomic E-state index is -0.572. The Labute approximate surface area is 112 Å². The lowest BCUT2D eigenvalue weighted by molar-refractivity contribution is -0.383. The van der Waals surface area contributed by atoms with Gasteiger partial charge in [-0.25, -0.2) is 0 Å². The molecule has 0 aliphatic heterocycles.